The maximum absolute atomic E-state index is 5.46. The normalized spacial score (nSPS) is 14.3. The first-order valence-corrected chi connectivity index (χ1v) is 21.0. The molecule has 0 fully saturated rings. The first kappa shape index (κ1) is 33.0. The Morgan fingerprint density at radius 3 is 1.93 bits per heavy atom. The number of imidazole rings is 2. The van der Waals surface area contributed by atoms with Crippen molar-refractivity contribution in [3.63, 3.8) is 0 Å². The Bertz CT molecular complexity index is 3660. The highest BCUT2D eigenvalue weighted by Gasteiger charge is 2.44. The molecule has 0 aliphatic carbocycles. The Hall–Kier alpha value is -6.07. The van der Waals surface area contributed by atoms with E-state index in [9.17, 15) is 0 Å². The van der Waals surface area contributed by atoms with Crippen LogP contribution in [0.4, 0.5) is 0 Å². The van der Waals surface area contributed by atoms with E-state index in [4.69, 9.17) is 4.98 Å². The highest BCUT2D eigenvalue weighted by atomic mass is 15.2. The van der Waals surface area contributed by atoms with Crippen LogP contribution in [0.2, 0.25) is 0 Å². The van der Waals surface area contributed by atoms with Gasteiger partial charge in [-0.25, -0.2) is 4.98 Å². The van der Waals surface area contributed by atoms with Crippen LogP contribution < -0.4 is 10.9 Å². The quantitative estimate of drug-likeness (QED) is 0.112. The summed E-state index contributed by atoms with van der Waals surface area (Å²) in [7, 11) is 0. The highest BCUT2D eigenvalue weighted by Crippen LogP contribution is 2.50. The van der Waals surface area contributed by atoms with Crippen LogP contribution in [0.1, 0.15) is 79.0 Å². The molecule has 8 aromatic carbocycles. The molecular weight excluding hydrogens is 703 g/mol. The molecule has 2 aliphatic rings. The van der Waals surface area contributed by atoms with Gasteiger partial charge in [-0.15, -0.1) is 0 Å². The molecule has 0 unspecified atom stereocenters. The smallest absolute Gasteiger partial charge is 0.333 e. The summed E-state index contributed by atoms with van der Waals surface area (Å²) >= 11 is 0. The minimum atomic E-state index is -0.0495. The highest BCUT2D eigenvalue weighted by molar-refractivity contribution is 6.90. The van der Waals surface area contributed by atoms with E-state index in [0.29, 0.717) is 0 Å². The van der Waals surface area contributed by atoms with Crippen LogP contribution in [0.15, 0.2) is 109 Å². The van der Waals surface area contributed by atoms with Gasteiger partial charge in [0.1, 0.15) is 0 Å². The van der Waals surface area contributed by atoms with Crippen molar-refractivity contribution >= 4 is 99.7 Å². The predicted molar refractivity (Wildman–Crippen MR) is 248 cm³/mol. The standard InChI is InChI=1S/C53H45BN4/c1-51(2,3)30-19-22-40-35(25-30)36-26-32(53(7,8)9)27-37-45-33-20-17-28-23-31(52(4,5)6)24-29-18-21-34(44(33)43(28)29)48-46(45)54(58(40)47(36)37)38-13-12-16-42-49(38)57(48)50-55-39-14-10-11-15-41(39)56(42)50/h10-27H,1-9H3. The number of benzene rings is 8. The fourth-order valence-corrected chi connectivity index (χ4v) is 11.1. The van der Waals surface area contributed by atoms with Crippen molar-refractivity contribution in [2.75, 3.05) is 0 Å². The summed E-state index contributed by atoms with van der Waals surface area (Å²) in [6, 6.07) is 42.6. The molecule has 11 aromatic rings. The third-order valence-electron chi connectivity index (χ3n) is 14.0. The fraction of sp³-hybridized carbons (Fsp3) is 0.226. The SMILES string of the molecule is CC(C)(C)c1cc2ccc3c4c5c(c6ccc(c1)c2c36)-n1c2c(cccc2n2c3ccccc3nc12)B5n1c2ccc(C(C)(C)C)cc2c2cc(C(C)(C)C)cc-4c21. The van der Waals surface area contributed by atoms with Crippen molar-refractivity contribution in [2.24, 2.45) is 0 Å². The zero-order chi connectivity index (χ0) is 39.5. The molecule has 0 radical (unpaired) electrons. The van der Waals surface area contributed by atoms with Gasteiger partial charge >= 0.3 is 6.85 Å². The van der Waals surface area contributed by atoms with Crippen molar-refractivity contribution in [2.45, 2.75) is 78.6 Å². The zero-order valence-electron chi connectivity index (χ0n) is 34.8. The van der Waals surface area contributed by atoms with Gasteiger partial charge < -0.3 is 4.48 Å². The third-order valence-corrected chi connectivity index (χ3v) is 14.0. The Morgan fingerprint density at radius 2 is 1.19 bits per heavy atom. The second-order valence-electron chi connectivity index (χ2n) is 20.5. The van der Waals surface area contributed by atoms with Crippen molar-refractivity contribution in [1.82, 2.24) is 18.4 Å². The van der Waals surface area contributed by atoms with Crippen molar-refractivity contribution < 1.29 is 0 Å². The number of hydrogen-bond acceptors (Lipinski definition) is 1. The molecule has 3 aromatic heterocycles. The van der Waals surface area contributed by atoms with Crippen LogP contribution in [0, 0.1) is 0 Å². The minimum Gasteiger partial charge on any atom is -0.375 e. The zero-order valence-corrected chi connectivity index (χ0v) is 34.8. The number of fused-ring (bicyclic) bond motifs is 14. The summed E-state index contributed by atoms with van der Waals surface area (Å²) < 4.78 is 7.69. The van der Waals surface area contributed by atoms with E-state index in [1.165, 1.54) is 110 Å². The maximum Gasteiger partial charge on any atom is 0.333 e. The molecule has 0 bridgehead atoms. The Kier molecular flexibility index (Phi) is 5.76. The first-order valence-electron chi connectivity index (χ1n) is 21.0. The van der Waals surface area contributed by atoms with Gasteiger partial charge in [-0.2, -0.15) is 0 Å². The Balaban J connectivity index is 1.32. The predicted octanol–water partition coefficient (Wildman–Crippen LogP) is 12.3. The molecular formula is C53H45BN4. The summed E-state index contributed by atoms with van der Waals surface area (Å²) in [5.41, 5.74) is 18.0. The van der Waals surface area contributed by atoms with Crippen molar-refractivity contribution in [3.05, 3.63) is 126 Å². The molecule has 0 atom stereocenters. The van der Waals surface area contributed by atoms with Crippen molar-refractivity contribution in [1.29, 1.82) is 0 Å². The Labute approximate surface area is 338 Å². The average Bonchev–Trinajstić information content (AvgIpc) is 3.83. The van der Waals surface area contributed by atoms with E-state index in [2.05, 4.69) is 185 Å². The molecule has 0 N–H and O–H groups in total. The Morgan fingerprint density at radius 1 is 0.517 bits per heavy atom. The average molecular weight is 749 g/mol. The van der Waals surface area contributed by atoms with E-state index >= 15 is 0 Å². The lowest BCUT2D eigenvalue weighted by atomic mass is 9.45. The van der Waals surface area contributed by atoms with Gasteiger partial charge in [0.25, 0.3) is 0 Å². The van der Waals surface area contributed by atoms with Crippen LogP contribution in [0.25, 0.3) is 98.8 Å². The lowest BCUT2D eigenvalue weighted by Crippen LogP contribution is -2.55. The van der Waals surface area contributed by atoms with Gasteiger partial charge in [0.05, 0.1) is 27.8 Å². The number of rotatable bonds is 0. The topological polar surface area (TPSA) is 27.2 Å². The molecule has 2 aliphatic heterocycles. The summed E-state index contributed by atoms with van der Waals surface area (Å²) in [6.07, 6.45) is 0. The molecule has 13 rings (SSSR count). The first-order chi connectivity index (χ1) is 27.7. The maximum atomic E-state index is 5.46. The largest absolute Gasteiger partial charge is 0.375 e. The van der Waals surface area contributed by atoms with Crippen LogP contribution in [0.5, 0.6) is 0 Å². The number of nitrogens with zero attached hydrogens (tertiary/aromatic N) is 4. The van der Waals surface area contributed by atoms with Gasteiger partial charge in [0.2, 0.25) is 5.78 Å². The molecule has 0 amide bonds. The molecule has 5 heterocycles. The number of aromatic nitrogens is 4. The van der Waals surface area contributed by atoms with Crippen molar-refractivity contribution in [3.8, 4) is 16.8 Å². The number of hydrogen-bond donors (Lipinski definition) is 0. The van der Waals surface area contributed by atoms with E-state index in [-0.39, 0.29) is 23.1 Å². The number of para-hydroxylation sites is 3. The van der Waals surface area contributed by atoms with E-state index in [1.807, 2.05) is 0 Å². The van der Waals surface area contributed by atoms with Gasteiger partial charge in [-0.05, 0) is 113 Å². The summed E-state index contributed by atoms with van der Waals surface area (Å²) in [6.45, 7) is 21.0. The summed E-state index contributed by atoms with van der Waals surface area (Å²) in [4.78, 5) is 5.46. The summed E-state index contributed by atoms with van der Waals surface area (Å²) in [5, 5.41) is 10.7. The van der Waals surface area contributed by atoms with E-state index < -0.39 is 0 Å². The lowest BCUT2D eigenvalue weighted by molar-refractivity contribution is 0.590. The minimum absolute atomic E-state index is 0.0243. The van der Waals surface area contributed by atoms with Crippen LogP contribution >= 0.6 is 0 Å². The molecule has 280 valence electrons. The molecule has 0 saturated carbocycles. The second-order valence-corrected chi connectivity index (χ2v) is 20.5. The second kappa shape index (κ2) is 10.1. The fourth-order valence-electron chi connectivity index (χ4n) is 11.1. The molecule has 4 nitrogen and oxygen atoms in total. The van der Waals surface area contributed by atoms with Gasteiger partial charge in [0.15, 0.2) is 0 Å². The van der Waals surface area contributed by atoms with Gasteiger partial charge in [0, 0.05) is 38.1 Å². The summed E-state index contributed by atoms with van der Waals surface area (Å²) in [5.74, 6) is 0.973. The van der Waals surface area contributed by atoms with Gasteiger partial charge in [-0.3, -0.25) is 8.97 Å². The third kappa shape index (κ3) is 3.86. The monoisotopic (exact) mass is 748 g/mol. The molecule has 0 spiro atoms. The van der Waals surface area contributed by atoms with Crippen LogP contribution in [0.3, 0.4) is 0 Å². The van der Waals surface area contributed by atoms with E-state index in [0.717, 1.165) is 16.8 Å². The molecule has 5 heteroatoms. The van der Waals surface area contributed by atoms with Gasteiger partial charge in [-0.1, -0.05) is 129 Å². The molecule has 0 saturated heterocycles. The molecule has 58 heavy (non-hydrogen) atoms. The lowest BCUT2D eigenvalue weighted by Gasteiger charge is -2.36. The van der Waals surface area contributed by atoms with E-state index in [1.54, 1.807) is 0 Å². The van der Waals surface area contributed by atoms with Crippen LogP contribution in [-0.2, 0) is 16.2 Å². The van der Waals surface area contributed by atoms with Crippen LogP contribution in [-0.4, -0.2) is 25.3 Å².